The average molecular weight is 242 g/mol. The van der Waals surface area contributed by atoms with Crippen LogP contribution in [0, 0.1) is 0 Å². The maximum atomic E-state index is 11.5. The Morgan fingerprint density at radius 2 is 2.06 bits per heavy atom. The summed E-state index contributed by atoms with van der Waals surface area (Å²) in [5.41, 5.74) is 0. The minimum Gasteiger partial charge on any atom is -0.480 e. The van der Waals surface area contributed by atoms with Crippen molar-refractivity contribution in [3.63, 3.8) is 0 Å². The summed E-state index contributed by atoms with van der Waals surface area (Å²) in [5.74, 6) is -0.995. The topological polar surface area (TPSA) is 78.4 Å². The number of aliphatic carboxylic acids is 1. The van der Waals surface area contributed by atoms with E-state index in [0.29, 0.717) is 12.8 Å². The fourth-order valence-electron chi connectivity index (χ4n) is 1.40. The van der Waals surface area contributed by atoms with Gasteiger partial charge in [-0.2, -0.15) is 0 Å². The van der Waals surface area contributed by atoms with Crippen LogP contribution in [-0.4, -0.2) is 29.2 Å². The molecule has 0 saturated heterocycles. The van der Waals surface area contributed by atoms with Crippen molar-refractivity contribution in [3.8, 4) is 0 Å². The predicted octanol–water partition coefficient (Wildman–Crippen LogP) is 1.89. The first-order valence-electron chi connectivity index (χ1n) is 5.92. The number of carboxylic acids is 1. The molecule has 0 fully saturated rings. The smallest absolute Gasteiger partial charge is 0.326 e. The van der Waals surface area contributed by atoms with Gasteiger partial charge in [0.1, 0.15) is 6.04 Å². The average Bonchev–Trinajstić information content (AvgIpc) is 2.23. The van der Waals surface area contributed by atoms with Gasteiger partial charge >= 0.3 is 12.0 Å². The lowest BCUT2D eigenvalue weighted by Crippen LogP contribution is -2.48. The molecular weight excluding hydrogens is 220 g/mol. The Morgan fingerprint density at radius 1 is 1.41 bits per heavy atom. The first-order chi connectivity index (χ1) is 8.01. The van der Waals surface area contributed by atoms with Gasteiger partial charge in [0.15, 0.2) is 0 Å². The van der Waals surface area contributed by atoms with Crippen molar-refractivity contribution < 1.29 is 14.7 Å². The first-order valence-corrected chi connectivity index (χ1v) is 5.92. The molecule has 0 aliphatic heterocycles. The van der Waals surface area contributed by atoms with Gasteiger partial charge in [-0.1, -0.05) is 25.8 Å². The molecular formula is C12H22N2O3. The van der Waals surface area contributed by atoms with Crippen LogP contribution in [0.1, 0.15) is 39.5 Å². The molecule has 0 aromatic rings. The number of hydrogen-bond donors (Lipinski definition) is 3. The number of carbonyl (C=O) groups excluding carboxylic acids is 1. The van der Waals surface area contributed by atoms with E-state index in [1.807, 2.05) is 13.8 Å². The third kappa shape index (κ3) is 7.38. The molecule has 2 amide bonds. The first kappa shape index (κ1) is 15.5. The van der Waals surface area contributed by atoms with Crippen LogP contribution < -0.4 is 10.6 Å². The maximum Gasteiger partial charge on any atom is 0.326 e. The Kier molecular flexibility index (Phi) is 7.84. The standard InChI is InChI=1S/C12H22N2O3/c1-4-6-8-10(11(15)16)14-12(17)13-9(3)7-5-2/h5,9-10H,2,4,6-8H2,1,3H3,(H,15,16)(H2,13,14,17)/t9?,10-/m0/s1. The highest BCUT2D eigenvalue weighted by Crippen LogP contribution is 2.01. The van der Waals surface area contributed by atoms with E-state index in [9.17, 15) is 9.59 Å². The summed E-state index contributed by atoms with van der Waals surface area (Å²) in [5, 5.41) is 14.0. The number of urea groups is 1. The SMILES string of the molecule is C=CCC(C)NC(=O)N[C@@H](CCCC)C(=O)O. The van der Waals surface area contributed by atoms with Gasteiger partial charge in [-0.15, -0.1) is 6.58 Å². The van der Waals surface area contributed by atoms with Crippen molar-refractivity contribution >= 4 is 12.0 Å². The van der Waals surface area contributed by atoms with Gasteiger partial charge in [0.2, 0.25) is 0 Å². The lowest BCUT2D eigenvalue weighted by Gasteiger charge is -2.17. The molecule has 98 valence electrons. The molecule has 3 N–H and O–H groups in total. The van der Waals surface area contributed by atoms with Gasteiger partial charge in [-0.05, 0) is 19.8 Å². The van der Waals surface area contributed by atoms with Crippen molar-refractivity contribution in [1.82, 2.24) is 10.6 Å². The predicted molar refractivity (Wildman–Crippen MR) is 66.9 cm³/mol. The number of amides is 2. The van der Waals surface area contributed by atoms with Crippen LogP contribution in [0.4, 0.5) is 4.79 Å². The summed E-state index contributed by atoms with van der Waals surface area (Å²) in [6.45, 7) is 7.39. The molecule has 2 atom stereocenters. The minimum absolute atomic E-state index is 0.0480. The fraction of sp³-hybridized carbons (Fsp3) is 0.667. The Hall–Kier alpha value is -1.52. The lowest BCUT2D eigenvalue weighted by molar-refractivity contribution is -0.139. The van der Waals surface area contributed by atoms with Crippen molar-refractivity contribution in [2.24, 2.45) is 0 Å². The highest BCUT2D eigenvalue weighted by atomic mass is 16.4. The van der Waals surface area contributed by atoms with Crippen LogP contribution in [0.5, 0.6) is 0 Å². The highest BCUT2D eigenvalue weighted by molar-refractivity contribution is 5.82. The molecule has 0 spiro atoms. The van der Waals surface area contributed by atoms with Crippen LogP contribution in [0.2, 0.25) is 0 Å². The normalized spacial score (nSPS) is 13.5. The Labute approximate surface area is 102 Å². The zero-order chi connectivity index (χ0) is 13.3. The molecule has 0 saturated carbocycles. The zero-order valence-corrected chi connectivity index (χ0v) is 10.5. The molecule has 0 radical (unpaired) electrons. The van der Waals surface area contributed by atoms with Crippen molar-refractivity contribution in [1.29, 1.82) is 0 Å². The van der Waals surface area contributed by atoms with Crippen LogP contribution in [0.25, 0.3) is 0 Å². The Morgan fingerprint density at radius 3 is 2.53 bits per heavy atom. The van der Waals surface area contributed by atoms with Crippen molar-refractivity contribution in [2.75, 3.05) is 0 Å². The highest BCUT2D eigenvalue weighted by Gasteiger charge is 2.19. The molecule has 0 aliphatic carbocycles. The third-order valence-electron chi connectivity index (χ3n) is 2.35. The Balaban J connectivity index is 4.11. The van der Waals surface area contributed by atoms with Gasteiger partial charge in [-0.3, -0.25) is 0 Å². The van der Waals surface area contributed by atoms with Crippen LogP contribution in [0.15, 0.2) is 12.7 Å². The van der Waals surface area contributed by atoms with Crippen molar-refractivity contribution in [3.05, 3.63) is 12.7 Å². The summed E-state index contributed by atoms with van der Waals surface area (Å²) in [4.78, 5) is 22.4. The van der Waals surface area contributed by atoms with Gasteiger partial charge in [0.05, 0.1) is 0 Å². The molecule has 17 heavy (non-hydrogen) atoms. The minimum atomic E-state index is -0.995. The maximum absolute atomic E-state index is 11.5. The number of carboxylic acid groups (broad SMARTS) is 1. The molecule has 0 bridgehead atoms. The summed E-state index contributed by atoms with van der Waals surface area (Å²) in [6, 6.07) is -1.30. The molecule has 1 unspecified atom stereocenters. The number of rotatable bonds is 8. The summed E-state index contributed by atoms with van der Waals surface area (Å²) in [7, 11) is 0. The monoisotopic (exact) mass is 242 g/mol. The molecule has 0 aromatic heterocycles. The molecule has 0 heterocycles. The van der Waals surface area contributed by atoms with E-state index in [0.717, 1.165) is 12.8 Å². The van der Waals surface area contributed by atoms with Gasteiger partial charge in [-0.25, -0.2) is 9.59 Å². The van der Waals surface area contributed by atoms with E-state index < -0.39 is 18.0 Å². The zero-order valence-electron chi connectivity index (χ0n) is 10.5. The van der Waals surface area contributed by atoms with Gasteiger partial charge in [0, 0.05) is 6.04 Å². The second-order valence-corrected chi connectivity index (χ2v) is 4.08. The van der Waals surface area contributed by atoms with Crippen LogP contribution >= 0.6 is 0 Å². The Bertz CT molecular complexity index is 266. The number of hydrogen-bond acceptors (Lipinski definition) is 2. The van der Waals surface area contributed by atoms with Gasteiger partial charge in [0.25, 0.3) is 0 Å². The van der Waals surface area contributed by atoms with E-state index >= 15 is 0 Å². The van der Waals surface area contributed by atoms with E-state index in [-0.39, 0.29) is 6.04 Å². The van der Waals surface area contributed by atoms with Crippen LogP contribution in [0.3, 0.4) is 0 Å². The molecule has 5 heteroatoms. The quantitative estimate of drug-likeness (QED) is 0.569. The molecule has 5 nitrogen and oxygen atoms in total. The van der Waals surface area contributed by atoms with E-state index in [1.54, 1.807) is 6.08 Å². The van der Waals surface area contributed by atoms with Gasteiger partial charge < -0.3 is 15.7 Å². The second kappa shape index (κ2) is 8.61. The second-order valence-electron chi connectivity index (χ2n) is 4.08. The van der Waals surface area contributed by atoms with E-state index in [2.05, 4.69) is 17.2 Å². The van der Waals surface area contributed by atoms with Crippen LogP contribution in [-0.2, 0) is 4.79 Å². The number of unbranched alkanes of at least 4 members (excludes halogenated alkanes) is 1. The fourth-order valence-corrected chi connectivity index (χ4v) is 1.40. The summed E-state index contributed by atoms with van der Waals surface area (Å²) < 4.78 is 0. The van der Waals surface area contributed by atoms with Crippen molar-refractivity contribution in [2.45, 2.75) is 51.6 Å². The largest absolute Gasteiger partial charge is 0.480 e. The number of carbonyl (C=O) groups is 2. The molecule has 0 rings (SSSR count). The molecule has 0 aromatic carbocycles. The summed E-state index contributed by atoms with van der Waals surface area (Å²) in [6.07, 6.45) is 4.49. The molecule has 0 aliphatic rings. The van der Waals surface area contributed by atoms with E-state index in [4.69, 9.17) is 5.11 Å². The lowest BCUT2D eigenvalue weighted by atomic mass is 10.1. The third-order valence-corrected chi connectivity index (χ3v) is 2.35. The summed E-state index contributed by atoms with van der Waals surface area (Å²) >= 11 is 0. The number of nitrogens with one attached hydrogen (secondary N) is 2. The van der Waals surface area contributed by atoms with E-state index in [1.165, 1.54) is 0 Å².